The lowest BCUT2D eigenvalue weighted by molar-refractivity contribution is -0.131. The number of carbonyl (C=O) groups excluding carboxylic acids is 1. The Morgan fingerprint density at radius 3 is 2.71 bits per heavy atom. The number of phenols is 1. The van der Waals surface area contributed by atoms with E-state index < -0.39 is 0 Å². The van der Waals surface area contributed by atoms with Gasteiger partial charge < -0.3 is 15.3 Å². The number of pyridine rings is 1. The Balaban J connectivity index is 2.27. The van der Waals surface area contributed by atoms with E-state index in [-0.39, 0.29) is 17.7 Å². The molecule has 0 aliphatic rings. The number of anilines is 1. The molecular formula is C16H21N3O2. The van der Waals surface area contributed by atoms with Gasteiger partial charge in [-0.1, -0.05) is 6.07 Å². The van der Waals surface area contributed by atoms with Gasteiger partial charge in [-0.15, -0.1) is 0 Å². The smallest absolute Gasteiger partial charge is 0.244 e. The van der Waals surface area contributed by atoms with Crippen molar-refractivity contribution >= 4 is 22.5 Å². The molecule has 5 nitrogen and oxygen atoms in total. The molecule has 5 heteroatoms. The fourth-order valence-electron chi connectivity index (χ4n) is 2.35. The van der Waals surface area contributed by atoms with Gasteiger partial charge in [-0.3, -0.25) is 4.79 Å². The number of nitrogens with zero attached hydrogens (tertiary/aromatic N) is 2. The summed E-state index contributed by atoms with van der Waals surface area (Å²) in [5.41, 5.74) is 0. The number of likely N-dealkylation sites (N-methyl/N-ethyl adjacent to an activating group) is 1. The zero-order chi connectivity index (χ0) is 15.4. The van der Waals surface area contributed by atoms with E-state index in [2.05, 4.69) is 10.3 Å². The van der Waals surface area contributed by atoms with Crippen LogP contribution in [0.25, 0.3) is 10.8 Å². The number of benzene rings is 1. The topological polar surface area (TPSA) is 65.5 Å². The number of carbonyl (C=O) groups is 1. The lowest BCUT2D eigenvalue weighted by Gasteiger charge is -2.24. The molecule has 0 fully saturated rings. The standard InChI is InChI=1S/C16H21N3O2/c1-4-19(5-2)16(21)11(3)18-15-14-10-13(20)7-6-12(14)8-9-17-15/h6-11,20H,4-5H2,1-3H3,(H,17,18). The van der Waals surface area contributed by atoms with Gasteiger partial charge >= 0.3 is 0 Å². The molecule has 2 N–H and O–H groups in total. The highest BCUT2D eigenvalue weighted by atomic mass is 16.3. The van der Waals surface area contributed by atoms with E-state index in [9.17, 15) is 9.90 Å². The van der Waals surface area contributed by atoms with Gasteiger partial charge in [-0.05, 0) is 44.4 Å². The number of aromatic hydroxyl groups is 1. The second kappa shape index (κ2) is 6.43. The molecule has 0 spiro atoms. The van der Waals surface area contributed by atoms with E-state index >= 15 is 0 Å². The van der Waals surface area contributed by atoms with Crippen molar-refractivity contribution in [3.63, 3.8) is 0 Å². The van der Waals surface area contributed by atoms with E-state index in [1.165, 1.54) is 0 Å². The van der Waals surface area contributed by atoms with Gasteiger partial charge in [-0.25, -0.2) is 4.98 Å². The third-order valence-electron chi connectivity index (χ3n) is 3.55. The fraction of sp³-hybridized carbons (Fsp3) is 0.375. The van der Waals surface area contributed by atoms with Gasteiger partial charge in [-0.2, -0.15) is 0 Å². The minimum absolute atomic E-state index is 0.0407. The van der Waals surface area contributed by atoms with Crippen molar-refractivity contribution in [2.45, 2.75) is 26.8 Å². The summed E-state index contributed by atoms with van der Waals surface area (Å²) in [7, 11) is 0. The zero-order valence-electron chi connectivity index (χ0n) is 12.6. The monoisotopic (exact) mass is 287 g/mol. The number of amides is 1. The highest BCUT2D eigenvalue weighted by Gasteiger charge is 2.19. The van der Waals surface area contributed by atoms with E-state index in [4.69, 9.17) is 0 Å². The largest absolute Gasteiger partial charge is 0.508 e. The highest BCUT2D eigenvalue weighted by Crippen LogP contribution is 2.25. The molecule has 2 rings (SSSR count). The van der Waals surface area contributed by atoms with E-state index in [0.717, 1.165) is 10.8 Å². The summed E-state index contributed by atoms with van der Waals surface area (Å²) in [6, 6.07) is 6.62. The summed E-state index contributed by atoms with van der Waals surface area (Å²) >= 11 is 0. The van der Waals surface area contributed by atoms with Crippen molar-refractivity contribution < 1.29 is 9.90 Å². The summed E-state index contributed by atoms with van der Waals surface area (Å²) in [5.74, 6) is 0.830. The molecule has 1 atom stereocenters. The van der Waals surface area contributed by atoms with Gasteiger partial charge in [0.15, 0.2) is 0 Å². The summed E-state index contributed by atoms with van der Waals surface area (Å²) in [5, 5.41) is 14.5. The van der Waals surface area contributed by atoms with Crippen molar-refractivity contribution in [1.82, 2.24) is 9.88 Å². The van der Waals surface area contributed by atoms with Crippen LogP contribution < -0.4 is 5.32 Å². The first kappa shape index (κ1) is 15.1. The van der Waals surface area contributed by atoms with Crippen LogP contribution in [-0.2, 0) is 4.79 Å². The second-order valence-electron chi connectivity index (χ2n) is 4.94. The number of fused-ring (bicyclic) bond motifs is 1. The molecule has 0 bridgehead atoms. The molecule has 1 amide bonds. The van der Waals surface area contributed by atoms with Crippen LogP contribution in [-0.4, -0.2) is 40.0 Å². The van der Waals surface area contributed by atoms with Gasteiger partial charge in [0.25, 0.3) is 0 Å². The van der Waals surface area contributed by atoms with Crippen molar-refractivity contribution in [2.75, 3.05) is 18.4 Å². The molecule has 0 saturated carbocycles. The molecule has 0 aliphatic carbocycles. The highest BCUT2D eigenvalue weighted by molar-refractivity contribution is 5.94. The Hall–Kier alpha value is -2.30. The van der Waals surface area contributed by atoms with Crippen molar-refractivity contribution in [3.05, 3.63) is 30.5 Å². The maximum atomic E-state index is 12.3. The lowest BCUT2D eigenvalue weighted by atomic mass is 10.1. The van der Waals surface area contributed by atoms with Gasteiger partial charge in [0.2, 0.25) is 5.91 Å². The molecule has 1 aromatic heterocycles. The third-order valence-corrected chi connectivity index (χ3v) is 3.55. The van der Waals surface area contributed by atoms with E-state index in [0.29, 0.717) is 18.9 Å². The molecular weight excluding hydrogens is 266 g/mol. The predicted octanol–water partition coefficient (Wildman–Crippen LogP) is 2.61. The second-order valence-corrected chi connectivity index (χ2v) is 4.94. The quantitative estimate of drug-likeness (QED) is 0.887. The average molecular weight is 287 g/mol. The Morgan fingerprint density at radius 1 is 1.33 bits per heavy atom. The van der Waals surface area contributed by atoms with Gasteiger partial charge in [0.05, 0.1) is 0 Å². The first-order valence-electron chi connectivity index (χ1n) is 7.19. The van der Waals surface area contributed by atoms with E-state index in [1.54, 1.807) is 23.2 Å². The minimum Gasteiger partial charge on any atom is -0.508 e. The molecule has 0 saturated heterocycles. The number of hydrogen-bond donors (Lipinski definition) is 2. The lowest BCUT2D eigenvalue weighted by Crippen LogP contribution is -2.41. The maximum Gasteiger partial charge on any atom is 0.244 e. The van der Waals surface area contributed by atoms with Gasteiger partial charge in [0.1, 0.15) is 17.6 Å². The summed E-state index contributed by atoms with van der Waals surface area (Å²) in [6.45, 7) is 7.12. The van der Waals surface area contributed by atoms with Crippen LogP contribution in [0, 0.1) is 0 Å². The number of phenolic OH excluding ortho intramolecular Hbond substituents is 1. The van der Waals surface area contributed by atoms with Crippen LogP contribution in [0.2, 0.25) is 0 Å². The predicted molar refractivity (Wildman–Crippen MR) is 84.4 cm³/mol. The SMILES string of the molecule is CCN(CC)C(=O)C(C)Nc1nccc2ccc(O)cc12. The molecule has 21 heavy (non-hydrogen) atoms. The van der Waals surface area contributed by atoms with Crippen LogP contribution in [0.3, 0.4) is 0 Å². The van der Waals surface area contributed by atoms with Crippen LogP contribution in [0.4, 0.5) is 5.82 Å². The van der Waals surface area contributed by atoms with Gasteiger partial charge in [0, 0.05) is 24.7 Å². The number of nitrogens with one attached hydrogen (secondary N) is 1. The molecule has 1 aromatic carbocycles. The molecule has 0 radical (unpaired) electrons. The van der Waals surface area contributed by atoms with Crippen molar-refractivity contribution in [1.29, 1.82) is 0 Å². The summed E-state index contributed by atoms with van der Waals surface area (Å²) in [6.07, 6.45) is 1.69. The van der Waals surface area contributed by atoms with Crippen LogP contribution >= 0.6 is 0 Å². The third kappa shape index (κ3) is 3.24. The van der Waals surface area contributed by atoms with Crippen LogP contribution in [0.15, 0.2) is 30.5 Å². The Kier molecular flexibility index (Phi) is 4.62. The fourth-order valence-corrected chi connectivity index (χ4v) is 2.35. The zero-order valence-corrected chi connectivity index (χ0v) is 12.6. The number of rotatable bonds is 5. The Bertz CT molecular complexity index is 638. The first-order valence-corrected chi connectivity index (χ1v) is 7.19. The minimum atomic E-state index is -0.370. The van der Waals surface area contributed by atoms with Crippen molar-refractivity contribution in [3.8, 4) is 5.75 Å². The van der Waals surface area contributed by atoms with E-state index in [1.807, 2.05) is 32.9 Å². The normalized spacial score (nSPS) is 12.1. The average Bonchev–Trinajstić information content (AvgIpc) is 2.49. The molecule has 112 valence electrons. The maximum absolute atomic E-state index is 12.3. The van der Waals surface area contributed by atoms with Crippen LogP contribution in [0.5, 0.6) is 5.75 Å². The van der Waals surface area contributed by atoms with Crippen LogP contribution in [0.1, 0.15) is 20.8 Å². The summed E-state index contributed by atoms with van der Waals surface area (Å²) in [4.78, 5) is 18.4. The first-order chi connectivity index (χ1) is 10.1. The Labute approximate surface area is 124 Å². The Morgan fingerprint density at radius 2 is 2.05 bits per heavy atom. The molecule has 0 aliphatic heterocycles. The molecule has 1 heterocycles. The molecule has 2 aromatic rings. The van der Waals surface area contributed by atoms with Crippen molar-refractivity contribution in [2.24, 2.45) is 0 Å². The molecule has 1 unspecified atom stereocenters. The number of aromatic nitrogens is 1. The number of hydrogen-bond acceptors (Lipinski definition) is 4. The summed E-state index contributed by atoms with van der Waals surface area (Å²) < 4.78 is 0.